The minimum absolute atomic E-state index is 0.00125. The first-order valence-electron chi connectivity index (χ1n) is 8.53. The summed E-state index contributed by atoms with van der Waals surface area (Å²) < 4.78 is 0. The van der Waals surface area contributed by atoms with Crippen LogP contribution in [0.1, 0.15) is 37.8 Å². The van der Waals surface area contributed by atoms with E-state index in [-0.39, 0.29) is 24.7 Å². The molecular formula is C20H20Cl2N4O2. The van der Waals surface area contributed by atoms with Crippen molar-refractivity contribution in [2.45, 2.75) is 26.7 Å². The quantitative estimate of drug-likeness (QED) is 0.522. The zero-order chi connectivity index (χ0) is 20.5. The zero-order valence-corrected chi connectivity index (χ0v) is 17.0. The number of halogens is 2. The fourth-order valence-corrected chi connectivity index (χ4v) is 2.39. The molecule has 8 heteroatoms. The van der Waals surface area contributed by atoms with E-state index in [9.17, 15) is 9.59 Å². The van der Waals surface area contributed by atoms with Gasteiger partial charge in [0.25, 0.3) is 0 Å². The second kappa shape index (κ2) is 10.6. The van der Waals surface area contributed by atoms with E-state index >= 15 is 0 Å². The number of nitrogens with zero attached hydrogens (tertiary/aromatic N) is 2. The Labute approximate surface area is 173 Å². The minimum Gasteiger partial charge on any atom is -0.273 e. The molecule has 0 radical (unpaired) electrons. The third kappa shape index (κ3) is 7.13. The largest absolute Gasteiger partial charge is 0.273 e. The number of hydrazone groups is 2. The Bertz CT molecular complexity index is 816. The number of hydrogen-bond donors (Lipinski definition) is 2. The second-order valence-corrected chi connectivity index (χ2v) is 6.85. The Hall–Kier alpha value is -2.70. The van der Waals surface area contributed by atoms with E-state index in [2.05, 4.69) is 21.1 Å². The van der Waals surface area contributed by atoms with Crippen LogP contribution >= 0.6 is 23.2 Å². The molecule has 0 bridgehead atoms. The van der Waals surface area contributed by atoms with Crippen LogP contribution in [0.15, 0.2) is 58.7 Å². The van der Waals surface area contributed by atoms with Gasteiger partial charge in [0.1, 0.15) is 0 Å². The molecule has 0 unspecified atom stereocenters. The van der Waals surface area contributed by atoms with Crippen molar-refractivity contribution in [3.63, 3.8) is 0 Å². The first-order valence-corrected chi connectivity index (χ1v) is 9.29. The molecule has 2 aromatic carbocycles. The normalized spacial score (nSPS) is 11.9. The summed E-state index contributed by atoms with van der Waals surface area (Å²) in [5, 5.41) is 9.30. The van der Waals surface area contributed by atoms with Gasteiger partial charge in [-0.1, -0.05) is 47.5 Å². The second-order valence-electron chi connectivity index (χ2n) is 5.98. The maximum atomic E-state index is 11.9. The summed E-state index contributed by atoms with van der Waals surface area (Å²) in [5.41, 5.74) is 7.83. The van der Waals surface area contributed by atoms with Crippen molar-refractivity contribution in [2.75, 3.05) is 0 Å². The van der Waals surface area contributed by atoms with Gasteiger partial charge in [0, 0.05) is 22.9 Å². The molecule has 0 aliphatic heterocycles. The summed E-state index contributed by atoms with van der Waals surface area (Å²) in [6.45, 7) is 3.54. The molecule has 2 aromatic rings. The molecule has 2 amide bonds. The van der Waals surface area contributed by atoms with E-state index in [0.29, 0.717) is 21.5 Å². The Balaban J connectivity index is 1.78. The lowest BCUT2D eigenvalue weighted by atomic mass is 10.1. The van der Waals surface area contributed by atoms with E-state index < -0.39 is 0 Å². The van der Waals surface area contributed by atoms with Crippen LogP contribution in [-0.2, 0) is 9.59 Å². The summed E-state index contributed by atoms with van der Waals surface area (Å²) in [6, 6.07) is 14.2. The number of hydrogen-bond acceptors (Lipinski definition) is 4. The van der Waals surface area contributed by atoms with E-state index in [4.69, 9.17) is 23.2 Å². The van der Waals surface area contributed by atoms with Crippen molar-refractivity contribution in [1.82, 2.24) is 10.9 Å². The molecule has 146 valence electrons. The van der Waals surface area contributed by atoms with Crippen LogP contribution in [0.5, 0.6) is 0 Å². The average molecular weight is 419 g/mol. The van der Waals surface area contributed by atoms with Crippen molar-refractivity contribution < 1.29 is 9.59 Å². The highest BCUT2D eigenvalue weighted by atomic mass is 35.5. The number of rotatable bonds is 7. The van der Waals surface area contributed by atoms with Gasteiger partial charge in [0.2, 0.25) is 11.8 Å². The third-order valence-corrected chi connectivity index (χ3v) is 4.30. The van der Waals surface area contributed by atoms with Crippen molar-refractivity contribution in [1.29, 1.82) is 0 Å². The molecule has 28 heavy (non-hydrogen) atoms. The molecular weight excluding hydrogens is 399 g/mol. The van der Waals surface area contributed by atoms with E-state index in [1.807, 2.05) is 24.3 Å². The number of nitrogens with one attached hydrogen (secondary N) is 2. The first kappa shape index (κ1) is 21.6. The molecule has 0 aliphatic rings. The summed E-state index contributed by atoms with van der Waals surface area (Å²) >= 11 is 11.7. The molecule has 0 spiro atoms. The molecule has 0 saturated heterocycles. The molecule has 0 saturated carbocycles. The summed E-state index contributed by atoms with van der Waals surface area (Å²) in [6.07, 6.45) is -0.00249. The molecule has 0 heterocycles. The number of carbonyl (C=O) groups excluding carboxylic acids is 2. The molecule has 0 fully saturated rings. The van der Waals surface area contributed by atoms with Gasteiger partial charge in [-0.2, -0.15) is 10.2 Å². The lowest BCUT2D eigenvalue weighted by molar-refractivity contribution is -0.126. The topological polar surface area (TPSA) is 82.9 Å². The summed E-state index contributed by atoms with van der Waals surface area (Å²) in [4.78, 5) is 23.7. The van der Waals surface area contributed by atoms with Gasteiger partial charge in [0.15, 0.2) is 0 Å². The molecule has 0 aliphatic carbocycles. The fourth-order valence-electron chi connectivity index (χ4n) is 2.14. The van der Waals surface area contributed by atoms with Gasteiger partial charge >= 0.3 is 0 Å². The van der Waals surface area contributed by atoms with Crippen LogP contribution in [0.2, 0.25) is 10.0 Å². The summed E-state index contributed by atoms with van der Waals surface area (Å²) in [7, 11) is 0. The maximum Gasteiger partial charge on any atom is 0.240 e. The van der Waals surface area contributed by atoms with Crippen molar-refractivity contribution in [2.24, 2.45) is 10.2 Å². The Morgan fingerprint density at radius 3 is 1.36 bits per heavy atom. The van der Waals surface area contributed by atoms with Gasteiger partial charge in [0.05, 0.1) is 11.4 Å². The van der Waals surface area contributed by atoms with Gasteiger partial charge < -0.3 is 0 Å². The predicted molar refractivity (Wildman–Crippen MR) is 113 cm³/mol. The molecule has 2 N–H and O–H groups in total. The number of amides is 2. The lowest BCUT2D eigenvalue weighted by Crippen LogP contribution is -2.24. The van der Waals surface area contributed by atoms with Crippen molar-refractivity contribution in [3.8, 4) is 0 Å². The van der Waals surface area contributed by atoms with Crippen LogP contribution in [-0.4, -0.2) is 23.2 Å². The van der Waals surface area contributed by atoms with Crippen molar-refractivity contribution >= 4 is 46.4 Å². The standard InChI is InChI=1S/C20H20Cl2N4O2/c1-13(15-3-7-17(21)8-4-15)23-25-19(27)11-12-20(28)26-24-14(2)16-5-9-18(22)10-6-16/h3-10H,11-12H2,1-2H3,(H,25,27)(H,26,28)/b23-13-,24-14+. The van der Waals surface area contributed by atoms with Crippen LogP contribution in [0.25, 0.3) is 0 Å². The Morgan fingerprint density at radius 2 is 1.04 bits per heavy atom. The Kier molecular flexibility index (Phi) is 8.17. The van der Waals surface area contributed by atoms with Gasteiger partial charge in [-0.3, -0.25) is 9.59 Å². The van der Waals surface area contributed by atoms with Crippen LogP contribution in [0.3, 0.4) is 0 Å². The molecule has 6 nitrogen and oxygen atoms in total. The molecule has 0 atom stereocenters. The zero-order valence-electron chi connectivity index (χ0n) is 15.5. The Morgan fingerprint density at radius 1 is 0.714 bits per heavy atom. The van der Waals surface area contributed by atoms with Crippen LogP contribution < -0.4 is 10.9 Å². The van der Waals surface area contributed by atoms with Gasteiger partial charge in [-0.15, -0.1) is 0 Å². The van der Waals surface area contributed by atoms with E-state index in [0.717, 1.165) is 11.1 Å². The smallest absolute Gasteiger partial charge is 0.240 e. The van der Waals surface area contributed by atoms with E-state index in [1.54, 1.807) is 38.1 Å². The SMILES string of the molecule is C/C(=N/NC(=O)CCC(=O)N/N=C(\C)c1ccc(Cl)cc1)c1ccc(Cl)cc1. The highest BCUT2D eigenvalue weighted by molar-refractivity contribution is 6.31. The molecule has 2 rings (SSSR count). The lowest BCUT2D eigenvalue weighted by Gasteiger charge is -2.04. The predicted octanol–water partition coefficient (Wildman–Crippen LogP) is 4.15. The highest BCUT2D eigenvalue weighted by Gasteiger charge is 2.07. The number of carbonyl (C=O) groups is 2. The van der Waals surface area contributed by atoms with Gasteiger partial charge in [-0.05, 0) is 49.2 Å². The third-order valence-electron chi connectivity index (χ3n) is 3.80. The highest BCUT2D eigenvalue weighted by Crippen LogP contribution is 2.11. The van der Waals surface area contributed by atoms with E-state index in [1.165, 1.54) is 0 Å². The van der Waals surface area contributed by atoms with Crippen LogP contribution in [0, 0.1) is 0 Å². The monoisotopic (exact) mass is 418 g/mol. The average Bonchev–Trinajstić information content (AvgIpc) is 2.69. The summed E-state index contributed by atoms with van der Waals surface area (Å²) in [5.74, 6) is -0.719. The maximum absolute atomic E-state index is 11.9. The first-order chi connectivity index (χ1) is 13.3. The number of benzene rings is 2. The van der Waals surface area contributed by atoms with Gasteiger partial charge in [-0.25, -0.2) is 10.9 Å². The molecule has 0 aromatic heterocycles. The fraction of sp³-hybridized carbons (Fsp3) is 0.200. The minimum atomic E-state index is -0.359. The van der Waals surface area contributed by atoms with Crippen LogP contribution in [0.4, 0.5) is 0 Å². The van der Waals surface area contributed by atoms with Crippen molar-refractivity contribution in [3.05, 3.63) is 69.7 Å².